The van der Waals surface area contributed by atoms with E-state index >= 15 is 0 Å². The fourth-order valence-electron chi connectivity index (χ4n) is 6.10. The zero-order chi connectivity index (χ0) is 34.0. The molecule has 0 radical (unpaired) electrons. The minimum atomic E-state index is -0.674. The van der Waals surface area contributed by atoms with Crippen molar-refractivity contribution >= 4 is 34.6 Å². The molecule has 2 saturated heterocycles. The first-order valence-corrected chi connectivity index (χ1v) is 16.7. The number of hydrogen-bond acceptors (Lipinski definition) is 8. The molecular formula is C36H43ClN6O5. The van der Waals surface area contributed by atoms with Gasteiger partial charge in [-0.05, 0) is 63.4 Å². The quantitative estimate of drug-likeness (QED) is 0.203. The number of amides is 2. The molecule has 0 aliphatic carbocycles. The van der Waals surface area contributed by atoms with E-state index in [1.54, 1.807) is 12.0 Å². The SMILES string of the molecule is COc1nc(-c2cccc(-c3ccc4c(CNC[C@@H]5CCO5)cn(C)c4n3)c2Cl)ccc1CN(C[C@@H]1CCC(=O)N1)C(=O)OC(C)(C)C. The van der Waals surface area contributed by atoms with Gasteiger partial charge in [0.05, 0.1) is 36.2 Å². The molecule has 3 aromatic heterocycles. The van der Waals surface area contributed by atoms with Crippen molar-refractivity contribution in [3.05, 3.63) is 64.8 Å². The lowest BCUT2D eigenvalue weighted by Crippen LogP contribution is -2.43. The summed E-state index contributed by atoms with van der Waals surface area (Å²) in [6, 6.07) is 13.5. The third kappa shape index (κ3) is 7.59. The Kier molecular flexibility index (Phi) is 9.91. The van der Waals surface area contributed by atoms with Gasteiger partial charge in [-0.1, -0.05) is 29.8 Å². The number of aryl methyl sites for hydroxylation is 1. The van der Waals surface area contributed by atoms with Crippen molar-refractivity contribution in [2.45, 2.75) is 70.9 Å². The van der Waals surface area contributed by atoms with Crippen molar-refractivity contribution in [2.24, 2.45) is 7.05 Å². The van der Waals surface area contributed by atoms with Crippen molar-refractivity contribution in [1.29, 1.82) is 0 Å². The van der Waals surface area contributed by atoms with E-state index in [2.05, 4.69) is 22.9 Å². The van der Waals surface area contributed by atoms with Crippen molar-refractivity contribution in [3.63, 3.8) is 0 Å². The number of halogens is 1. The monoisotopic (exact) mass is 674 g/mol. The van der Waals surface area contributed by atoms with E-state index in [4.69, 9.17) is 35.8 Å². The predicted octanol–water partition coefficient (Wildman–Crippen LogP) is 5.86. The average Bonchev–Trinajstić information content (AvgIpc) is 3.58. The summed E-state index contributed by atoms with van der Waals surface area (Å²) in [6.07, 6.45) is 4.15. The number of nitrogens with one attached hydrogen (secondary N) is 2. The van der Waals surface area contributed by atoms with E-state index < -0.39 is 11.7 Å². The number of aromatic nitrogens is 3. The topological polar surface area (TPSA) is 120 Å². The van der Waals surface area contributed by atoms with Crippen LogP contribution in [0.5, 0.6) is 5.88 Å². The van der Waals surface area contributed by atoms with Crippen molar-refractivity contribution < 1.29 is 23.8 Å². The molecule has 0 bridgehead atoms. The lowest BCUT2D eigenvalue weighted by atomic mass is 10.0. The molecule has 12 heteroatoms. The molecule has 2 aliphatic rings. The third-order valence-corrected chi connectivity index (χ3v) is 9.01. The summed E-state index contributed by atoms with van der Waals surface area (Å²) in [6.45, 7) is 8.41. The summed E-state index contributed by atoms with van der Waals surface area (Å²) in [5.41, 5.74) is 4.98. The van der Waals surface area contributed by atoms with Gasteiger partial charge in [0, 0.05) is 74.0 Å². The molecule has 2 aliphatic heterocycles. The minimum absolute atomic E-state index is 0.0157. The van der Waals surface area contributed by atoms with Crippen LogP contribution in [-0.2, 0) is 34.4 Å². The van der Waals surface area contributed by atoms with E-state index in [1.807, 2.05) is 68.8 Å². The van der Waals surface area contributed by atoms with Crippen LogP contribution >= 0.6 is 11.6 Å². The zero-order valence-corrected chi connectivity index (χ0v) is 28.9. The summed E-state index contributed by atoms with van der Waals surface area (Å²) in [5.74, 6) is 0.351. The second-order valence-corrected chi connectivity index (χ2v) is 13.8. The van der Waals surface area contributed by atoms with Gasteiger partial charge in [-0.2, -0.15) is 0 Å². The van der Waals surface area contributed by atoms with Crippen LogP contribution in [0.3, 0.4) is 0 Å². The van der Waals surface area contributed by atoms with Gasteiger partial charge in [0.2, 0.25) is 11.8 Å². The molecule has 1 aromatic carbocycles. The molecule has 11 nitrogen and oxygen atoms in total. The zero-order valence-electron chi connectivity index (χ0n) is 28.1. The maximum atomic E-state index is 13.2. The normalized spacial score (nSPS) is 17.7. The third-order valence-electron chi connectivity index (χ3n) is 8.61. The number of methoxy groups -OCH3 is 1. The number of fused-ring (bicyclic) bond motifs is 1. The van der Waals surface area contributed by atoms with Crippen LogP contribution < -0.4 is 15.4 Å². The average molecular weight is 675 g/mol. The molecule has 2 fully saturated rings. The second kappa shape index (κ2) is 14.1. The Morgan fingerprint density at radius 2 is 1.83 bits per heavy atom. The van der Waals surface area contributed by atoms with Gasteiger partial charge in [0.15, 0.2) is 0 Å². The number of ether oxygens (including phenoxy) is 3. The highest BCUT2D eigenvalue weighted by molar-refractivity contribution is 6.36. The molecule has 0 spiro atoms. The van der Waals surface area contributed by atoms with Gasteiger partial charge in [0.25, 0.3) is 0 Å². The fraction of sp³-hybridized carbons (Fsp3) is 0.444. The maximum absolute atomic E-state index is 13.2. The molecule has 2 amide bonds. The molecule has 2 atom stereocenters. The molecular weight excluding hydrogens is 632 g/mol. The predicted molar refractivity (Wildman–Crippen MR) is 185 cm³/mol. The van der Waals surface area contributed by atoms with Crippen molar-refractivity contribution in [1.82, 2.24) is 30.1 Å². The van der Waals surface area contributed by atoms with Gasteiger partial charge >= 0.3 is 6.09 Å². The van der Waals surface area contributed by atoms with Gasteiger partial charge < -0.3 is 34.3 Å². The van der Waals surface area contributed by atoms with Crippen LogP contribution in [0.2, 0.25) is 5.02 Å². The smallest absolute Gasteiger partial charge is 0.410 e. The van der Waals surface area contributed by atoms with Gasteiger partial charge in [-0.3, -0.25) is 4.79 Å². The highest BCUT2D eigenvalue weighted by Crippen LogP contribution is 2.37. The van der Waals surface area contributed by atoms with Gasteiger partial charge in [0.1, 0.15) is 11.2 Å². The lowest BCUT2D eigenvalue weighted by molar-refractivity contribution is -0.119. The molecule has 5 heterocycles. The Hall–Kier alpha value is -4.19. The Morgan fingerprint density at radius 3 is 2.48 bits per heavy atom. The largest absolute Gasteiger partial charge is 0.481 e. The van der Waals surface area contributed by atoms with Crippen LogP contribution in [0.25, 0.3) is 33.5 Å². The molecule has 48 heavy (non-hydrogen) atoms. The van der Waals surface area contributed by atoms with E-state index in [-0.39, 0.29) is 18.5 Å². The fourth-order valence-corrected chi connectivity index (χ4v) is 6.42. The van der Waals surface area contributed by atoms with Crippen LogP contribution in [0.4, 0.5) is 4.79 Å². The van der Waals surface area contributed by atoms with E-state index in [1.165, 1.54) is 5.56 Å². The van der Waals surface area contributed by atoms with Crippen LogP contribution in [0, 0.1) is 0 Å². The minimum Gasteiger partial charge on any atom is -0.481 e. The Balaban J connectivity index is 1.24. The number of rotatable bonds is 11. The number of carbonyl (C=O) groups is 2. The summed E-state index contributed by atoms with van der Waals surface area (Å²) in [5, 5.41) is 8.05. The first-order chi connectivity index (χ1) is 23.0. The molecule has 6 rings (SSSR count). The van der Waals surface area contributed by atoms with Crippen LogP contribution in [0.15, 0.2) is 48.7 Å². The van der Waals surface area contributed by atoms with E-state index in [9.17, 15) is 9.59 Å². The van der Waals surface area contributed by atoms with E-state index in [0.29, 0.717) is 47.7 Å². The lowest BCUT2D eigenvalue weighted by Gasteiger charge is -2.29. The second-order valence-electron chi connectivity index (χ2n) is 13.4. The highest BCUT2D eigenvalue weighted by Gasteiger charge is 2.29. The first-order valence-electron chi connectivity index (χ1n) is 16.4. The molecule has 254 valence electrons. The summed E-state index contributed by atoms with van der Waals surface area (Å²) in [4.78, 5) is 36.5. The van der Waals surface area contributed by atoms with E-state index in [0.717, 1.165) is 54.0 Å². The molecule has 0 unspecified atom stereocenters. The summed E-state index contributed by atoms with van der Waals surface area (Å²) >= 11 is 7.07. The number of carbonyl (C=O) groups excluding carboxylic acids is 2. The number of hydrogen-bond donors (Lipinski definition) is 2. The Morgan fingerprint density at radius 1 is 1.10 bits per heavy atom. The van der Waals surface area contributed by atoms with Gasteiger partial charge in [-0.15, -0.1) is 0 Å². The number of pyridine rings is 2. The molecule has 2 N–H and O–H groups in total. The first kappa shape index (κ1) is 33.7. The van der Waals surface area contributed by atoms with Crippen LogP contribution in [-0.4, -0.2) is 76.0 Å². The van der Waals surface area contributed by atoms with Crippen molar-refractivity contribution in [2.75, 3.05) is 26.8 Å². The standard InChI is InChI=1S/C36H43ClN6O5/c1-36(2,3)48-35(45)43(21-24-10-14-31(44)39-24)20-22-9-12-30(41-34(22)46-5)28-8-6-7-27(32(28)37)29-13-11-26-23(19-42(4)33(26)40-29)17-38-18-25-15-16-47-25/h6-9,11-13,19,24-25,38H,10,14-18,20-21H2,1-5H3,(H,39,44)/t24-,25-/m0/s1. The summed E-state index contributed by atoms with van der Waals surface area (Å²) in [7, 11) is 3.55. The van der Waals surface area contributed by atoms with Crippen LogP contribution in [0.1, 0.15) is 51.2 Å². The van der Waals surface area contributed by atoms with Crippen molar-refractivity contribution in [3.8, 4) is 28.4 Å². The summed E-state index contributed by atoms with van der Waals surface area (Å²) < 4.78 is 19.0. The number of nitrogens with zero attached hydrogens (tertiary/aromatic N) is 4. The maximum Gasteiger partial charge on any atom is 0.410 e. The number of benzene rings is 1. The van der Waals surface area contributed by atoms with Gasteiger partial charge in [-0.25, -0.2) is 14.8 Å². The highest BCUT2D eigenvalue weighted by atomic mass is 35.5. The molecule has 0 saturated carbocycles. The molecule has 4 aromatic rings. The Labute approximate surface area is 285 Å². The Bertz CT molecular complexity index is 1810.